The van der Waals surface area contributed by atoms with Crippen LogP contribution in [0.3, 0.4) is 0 Å². The van der Waals surface area contributed by atoms with E-state index in [0.717, 1.165) is 46.9 Å². The maximum atomic E-state index is 6.22. The molecule has 0 fully saturated rings. The van der Waals surface area contributed by atoms with Crippen LogP contribution in [-0.4, -0.2) is 19.9 Å². The van der Waals surface area contributed by atoms with Crippen molar-refractivity contribution in [2.24, 2.45) is 0 Å². The maximum Gasteiger partial charge on any atom is 0.128 e. The van der Waals surface area contributed by atoms with Crippen LogP contribution >= 0.6 is 9.24 Å². The van der Waals surface area contributed by atoms with Gasteiger partial charge in [0.05, 0.1) is 23.8 Å². The predicted molar refractivity (Wildman–Crippen MR) is 117 cm³/mol. The van der Waals surface area contributed by atoms with Gasteiger partial charge in [-0.15, -0.1) is 0 Å². The number of aryl methyl sites for hydroxylation is 3. The summed E-state index contributed by atoms with van der Waals surface area (Å²) in [4.78, 5) is 15.3. The number of H-pyrrole nitrogens is 2. The molecule has 6 heteroatoms. The molecule has 0 saturated carbocycles. The number of nitrogens with one attached hydrogen (secondary N) is 2. The van der Waals surface area contributed by atoms with Crippen LogP contribution in [-0.2, 0) is 19.4 Å². The van der Waals surface area contributed by atoms with Crippen LogP contribution in [0.5, 0.6) is 5.75 Å². The Bertz CT molecular complexity index is 1120. The first-order chi connectivity index (χ1) is 13.7. The van der Waals surface area contributed by atoms with Crippen molar-refractivity contribution in [1.29, 1.82) is 0 Å². The van der Waals surface area contributed by atoms with Crippen LogP contribution in [0.2, 0.25) is 0 Å². The number of nitrogens with zero attached hydrogens (tertiary/aromatic N) is 2. The fourth-order valence-electron chi connectivity index (χ4n) is 4.45. The number of benzene rings is 2. The van der Waals surface area contributed by atoms with E-state index in [2.05, 4.69) is 53.4 Å². The fraction of sp³-hybridized carbons (Fsp3) is 0.182. The summed E-state index contributed by atoms with van der Waals surface area (Å²) in [5.41, 5.74) is 11.9. The molecule has 0 bridgehead atoms. The molecule has 2 N–H and O–H groups in total. The summed E-state index contributed by atoms with van der Waals surface area (Å²) >= 11 is 0. The van der Waals surface area contributed by atoms with E-state index in [0.29, 0.717) is 6.61 Å². The number of aromatic nitrogens is 4. The first-order valence-electron chi connectivity index (χ1n) is 9.44. The molecule has 1 unspecified atom stereocenters. The molecule has 4 aromatic rings. The number of aromatic amines is 2. The van der Waals surface area contributed by atoms with E-state index in [1.54, 1.807) is 0 Å². The van der Waals surface area contributed by atoms with Crippen molar-refractivity contribution in [2.45, 2.75) is 26.4 Å². The van der Waals surface area contributed by atoms with Gasteiger partial charge < -0.3 is 14.7 Å². The van der Waals surface area contributed by atoms with Gasteiger partial charge in [-0.2, -0.15) is 0 Å². The minimum atomic E-state index is 0. The Labute approximate surface area is 167 Å². The number of ether oxygens (including phenoxy) is 1. The summed E-state index contributed by atoms with van der Waals surface area (Å²) in [7, 11) is 2.61. The zero-order chi connectivity index (χ0) is 18.8. The van der Waals surface area contributed by atoms with Crippen molar-refractivity contribution >= 4 is 14.8 Å². The third-order valence-corrected chi connectivity index (χ3v) is 6.00. The second-order valence-corrected chi connectivity index (χ2v) is 8.08. The van der Waals surface area contributed by atoms with Crippen LogP contribution in [0.1, 0.15) is 25.4 Å². The normalized spacial score (nSPS) is 13.9. The number of hydrogen-bond acceptors (Lipinski definition) is 3. The largest absolute Gasteiger partial charge is 0.488 e. The Morgan fingerprint density at radius 1 is 0.893 bits per heavy atom. The van der Waals surface area contributed by atoms with E-state index < -0.39 is 0 Å². The minimum Gasteiger partial charge on any atom is -0.488 e. The Morgan fingerprint density at radius 3 is 2.29 bits per heavy atom. The molecule has 0 radical (unpaired) electrons. The molecule has 1 aliphatic carbocycles. The summed E-state index contributed by atoms with van der Waals surface area (Å²) in [5, 5.41) is 0. The molecule has 1 aliphatic heterocycles. The van der Waals surface area contributed by atoms with Crippen molar-refractivity contribution in [3.63, 3.8) is 0 Å². The van der Waals surface area contributed by atoms with Crippen LogP contribution in [0, 0.1) is 6.92 Å². The molecule has 1 atom stereocenters. The highest BCUT2D eigenvalue weighted by Gasteiger charge is 2.28. The molecule has 2 aromatic carbocycles. The van der Waals surface area contributed by atoms with Crippen LogP contribution in [0.25, 0.3) is 33.6 Å². The van der Waals surface area contributed by atoms with Gasteiger partial charge in [0.15, 0.2) is 0 Å². The summed E-state index contributed by atoms with van der Waals surface area (Å²) < 4.78 is 6.22. The van der Waals surface area contributed by atoms with Gasteiger partial charge >= 0.3 is 0 Å². The second kappa shape index (κ2) is 5.79. The Hall–Kier alpha value is -2.91. The lowest BCUT2D eigenvalue weighted by Crippen LogP contribution is -2.15. The SMILES string of the molecule is Cc1ncc(-c2cc3c4c(c2)OCc2cc(-c5cnc(P)[nH]5)cc(c2-4)CC3)[nH]1.[HH].[HH]. The predicted octanol–water partition coefficient (Wildman–Crippen LogP) is 4.43. The summed E-state index contributed by atoms with van der Waals surface area (Å²) in [5.74, 6) is 1.91. The lowest BCUT2D eigenvalue weighted by molar-refractivity contribution is 0.301. The van der Waals surface area contributed by atoms with Gasteiger partial charge in [0.1, 0.15) is 23.7 Å². The molecule has 2 aromatic heterocycles. The van der Waals surface area contributed by atoms with Gasteiger partial charge in [0, 0.05) is 19.5 Å². The first-order valence-corrected chi connectivity index (χ1v) is 10.0. The van der Waals surface area contributed by atoms with Gasteiger partial charge in [-0.25, -0.2) is 9.97 Å². The minimum absolute atomic E-state index is 0. The maximum absolute atomic E-state index is 6.22. The van der Waals surface area contributed by atoms with Gasteiger partial charge in [-0.1, -0.05) is 9.24 Å². The molecule has 0 amide bonds. The van der Waals surface area contributed by atoms with E-state index in [-0.39, 0.29) is 2.85 Å². The Morgan fingerprint density at radius 2 is 1.57 bits per heavy atom. The highest BCUT2D eigenvalue weighted by molar-refractivity contribution is 7.26. The molecule has 0 saturated heterocycles. The highest BCUT2D eigenvalue weighted by Crippen LogP contribution is 2.48. The van der Waals surface area contributed by atoms with Crippen LogP contribution < -0.4 is 10.3 Å². The van der Waals surface area contributed by atoms with Crippen molar-refractivity contribution in [3.8, 4) is 39.4 Å². The average molecular weight is 390 g/mol. The smallest absolute Gasteiger partial charge is 0.128 e. The number of rotatable bonds is 2. The molecule has 0 spiro atoms. The van der Waals surface area contributed by atoms with Crippen molar-refractivity contribution in [3.05, 3.63) is 59.2 Å². The quantitative estimate of drug-likeness (QED) is 0.498. The molecule has 2 aliphatic rings. The molecular weight excluding hydrogens is 367 g/mol. The highest BCUT2D eigenvalue weighted by atomic mass is 31.0. The van der Waals surface area contributed by atoms with Crippen molar-refractivity contribution < 1.29 is 7.59 Å². The molecule has 6 rings (SSSR count). The van der Waals surface area contributed by atoms with E-state index in [1.807, 2.05) is 19.3 Å². The van der Waals surface area contributed by atoms with Gasteiger partial charge in [-0.3, -0.25) is 0 Å². The first kappa shape index (κ1) is 16.1. The van der Waals surface area contributed by atoms with E-state index in [9.17, 15) is 0 Å². The lowest BCUT2D eigenvalue weighted by atomic mass is 9.79. The van der Waals surface area contributed by atoms with Gasteiger partial charge in [0.25, 0.3) is 0 Å². The van der Waals surface area contributed by atoms with Gasteiger partial charge in [-0.05, 0) is 66.3 Å². The van der Waals surface area contributed by atoms with Crippen LogP contribution in [0.15, 0.2) is 36.7 Å². The zero-order valence-electron chi connectivity index (χ0n) is 15.5. The number of imidazole rings is 2. The zero-order valence-corrected chi connectivity index (χ0v) is 16.6. The Kier molecular flexibility index (Phi) is 3.33. The molecule has 28 heavy (non-hydrogen) atoms. The standard InChI is InChI=1S/C22H19N4OP.2H2/c1-11-23-8-17(25-11)15-5-13-3-2-12-4-14(18-9-24-22(28)26-18)6-16-10-27-19(7-15)21(13)20(12)16;;/h4-9H,2-3,10,28H2,1H3,(H,23,25)(H,24,26);2*1H. The molecule has 142 valence electrons. The Balaban J connectivity index is 0.00000109. The molecule has 5 nitrogen and oxygen atoms in total. The third kappa shape index (κ3) is 2.36. The summed E-state index contributed by atoms with van der Waals surface area (Å²) in [6, 6.07) is 8.98. The van der Waals surface area contributed by atoms with E-state index in [1.165, 1.54) is 33.4 Å². The molecular formula is C22H23N4OP. The number of hydrogen-bond donors (Lipinski definition) is 2. The third-order valence-electron chi connectivity index (χ3n) is 5.70. The van der Waals surface area contributed by atoms with Crippen molar-refractivity contribution in [1.82, 2.24) is 19.9 Å². The van der Waals surface area contributed by atoms with Crippen molar-refractivity contribution in [2.75, 3.05) is 0 Å². The average Bonchev–Trinajstić information content (AvgIpc) is 3.34. The lowest BCUT2D eigenvalue weighted by Gasteiger charge is -2.30. The molecule has 3 heterocycles. The fourth-order valence-corrected chi connectivity index (χ4v) is 4.68. The second-order valence-electron chi connectivity index (χ2n) is 7.53. The van der Waals surface area contributed by atoms with E-state index >= 15 is 0 Å². The van der Waals surface area contributed by atoms with Crippen LogP contribution in [0.4, 0.5) is 0 Å². The monoisotopic (exact) mass is 390 g/mol. The summed E-state index contributed by atoms with van der Waals surface area (Å²) in [6.45, 7) is 2.57. The summed E-state index contributed by atoms with van der Waals surface area (Å²) in [6.07, 6.45) is 5.84. The topological polar surface area (TPSA) is 66.6 Å². The van der Waals surface area contributed by atoms with E-state index in [4.69, 9.17) is 4.74 Å². The van der Waals surface area contributed by atoms with Gasteiger partial charge in [0.2, 0.25) is 0 Å².